The summed E-state index contributed by atoms with van der Waals surface area (Å²) in [6.45, 7) is 2.01. The van der Waals surface area contributed by atoms with Crippen LogP contribution in [0.2, 0.25) is 10.0 Å². The average molecular weight is 584 g/mol. The lowest BCUT2D eigenvalue weighted by molar-refractivity contribution is -0.132. The van der Waals surface area contributed by atoms with Gasteiger partial charge in [0.25, 0.3) is 0 Å². The van der Waals surface area contributed by atoms with Crippen LogP contribution in [-0.4, -0.2) is 86.2 Å². The van der Waals surface area contributed by atoms with E-state index in [1.165, 1.54) is 21.9 Å². The first-order chi connectivity index (χ1) is 17.9. The van der Waals surface area contributed by atoms with Crippen molar-refractivity contribution in [1.82, 2.24) is 20.4 Å². The number of carbonyl (C=O) groups is 3. The van der Waals surface area contributed by atoms with Gasteiger partial charge in [-0.3, -0.25) is 24.8 Å². The number of carbonyl (C=O) groups excluding carboxylic acids is 2. The smallest absolute Gasteiger partial charge is 0.413 e. The van der Waals surface area contributed by atoms with Gasteiger partial charge in [-0.2, -0.15) is 0 Å². The van der Waals surface area contributed by atoms with Gasteiger partial charge in [0.15, 0.2) is 9.84 Å². The fourth-order valence-electron chi connectivity index (χ4n) is 3.63. The summed E-state index contributed by atoms with van der Waals surface area (Å²) in [4.78, 5) is 42.6. The molecule has 2 aromatic carbocycles. The molecule has 204 valence electrons. The lowest BCUT2D eigenvalue weighted by Gasteiger charge is -2.18. The molecule has 0 radical (unpaired) electrons. The molecule has 14 heteroatoms. The first-order valence-corrected chi connectivity index (χ1v) is 13.8. The maximum absolute atomic E-state index is 12.6. The molecule has 0 atom stereocenters. The summed E-state index contributed by atoms with van der Waals surface area (Å²) in [5, 5.41) is 14.6. The number of rotatable bonds is 10. The van der Waals surface area contributed by atoms with Crippen molar-refractivity contribution in [3.63, 3.8) is 0 Å². The largest absolute Gasteiger partial charge is 0.465 e. The van der Waals surface area contributed by atoms with Gasteiger partial charge in [-0.05, 0) is 30.2 Å². The summed E-state index contributed by atoms with van der Waals surface area (Å²) >= 11 is 12.1. The molecule has 0 saturated carbocycles. The molecule has 0 saturated heterocycles. The summed E-state index contributed by atoms with van der Waals surface area (Å²) < 4.78 is 25.1. The van der Waals surface area contributed by atoms with Gasteiger partial charge in [0, 0.05) is 24.2 Å². The second kappa shape index (κ2) is 12.6. The first kappa shape index (κ1) is 29.4. The van der Waals surface area contributed by atoms with E-state index in [2.05, 4.69) is 15.6 Å². The van der Waals surface area contributed by atoms with Crippen LogP contribution >= 0.6 is 23.2 Å². The van der Waals surface area contributed by atoms with Crippen molar-refractivity contribution < 1.29 is 27.9 Å². The van der Waals surface area contributed by atoms with Crippen LogP contribution in [0.25, 0.3) is 0 Å². The molecule has 3 rings (SSSR count). The topological polar surface area (TPSA) is 148 Å². The highest BCUT2D eigenvalue weighted by atomic mass is 35.5. The Bertz CT molecular complexity index is 1370. The maximum atomic E-state index is 12.6. The maximum Gasteiger partial charge on any atom is 0.413 e. The predicted octanol–water partition coefficient (Wildman–Crippen LogP) is 2.14. The van der Waals surface area contributed by atoms with Crippen LogP contribution in [0.5, 0.6) is 0 Å². The van der Waals surface area contributed by atoms with Crippen molar-refractivity contribution in [2.75, 3.05) is 39.1 Å². The van der Waals surface area contributed by atoms with E-state index in [-0.39, 0.29) is 35.5 Å². The second-order valence-corrected chi connectivity index (χ2v) is 11.3. The normalized spacial score (nSPS) is 13.3. The highest BCUT2D eigenvalue weighted by Gasteiger charge is 2.24. The Labute approximate surface area is 230 Å². The summed E-state index contributed by atoms with van der Waals surface area (Å²) in [5.41, 5.74) is 1.91. The Balaban J connectivity index is 1.44. The van der Waals surface area contributed by atoms with Gasteiger partial charge in [-0.1, -0.05) is 47.5 Å². The zero-order valence-corrected chi connectivity index (χ0v) is 23.0. The van der Waals surface area contributed by atoms with Crippen LogP contribution in [-0.2, 0) is 26.0 Å². The first-order valence-electron chi connectivity index (χ1n) is 11.4. The Hall–Kier alpha value is -3.19. The predicted molar refractivity (Wildman–Crippen MR) is 143 cm³/mol. The lowest BCUT2D eigenvalue weighted by atomic mass is 10.1. The number of nitrogens with zero attached hydrogens (tertiary/aromatic N) is 3. The van der Waals surface area contributed by atoms with Crippen LogP contribution in [0.4, 0.5) is 4.79 Å². The third kappa shape index (κ3) is 7.22. The summed E-state index contributed by atoms with van der Waals surface area (Å²) in [7, 11) is -2.24. The number of hydrogen-bond donors (Lipinski definition) is 3. The number of amidine groups is 1. The Morgan fingerprint density at radius 2 is 1.79 bits per heavy atom. The van der Waals surface area contributed by atoms with Crippen LogP contribution in [0, 0.1) is 6.92 Å². The van der Waals surface area contributed by atoms with E-state index < -0.39 is 27.7 Å². The fraction of sp³-hybridized carbons (Fsp3) is 0.333. The molecule has 2 aromatic rings. The van der Waals surface area contributed by atoms with Crippen LogP contribution in [0.3, 0.4) is 0 Å². The number of amides is 3. The number of carboxylic acid groups (broad SMARTS) is 1. The SMILES string of the molecule is Cc1c(Cl)ccc(S(=O)(=O)CNCC(=O)NCC(=O)N(C)Cc2ccc(C3=NCCN3C(=O)O)cc2)c1Cl. The van der Waals surface area contributed by atoms with Crippen LogP contribution in [0.1, 0.15) is 16.7 Å². The average Bonchev–Trinajstić information content (AvgIpc) is 3.36. The van der Waals surface area contributed by atoms with E-state index in [1.807, 2.05) is 0 Å². The quantitative estimate of drug-likeness (QED) is 0.388. The number of likely N-dealkylation sites (N-methyl/N-ethyl adjacent to an activating group) is 1. The summed E-state index contributed by atoms with van der Waals surface area (Å²) in [5.74, 6) is -1.04. The van der Waals surface area contributed by atoms with Gasteiger partial charge < -0.3 is 15.3 Å². The van der Waals surface area contributed by atoms with Gasteiger partial charge in [0.2, 0.25) is 11.8 Å². The third-order valence-electron chi connectivity index (χ3n) is 5.76. The van der Waals surface area contributed by atoms with E-state index in [4.69, 9.17) is 23.2 Å². The van der Waals surface area contributed by atoms with Crippen molar-refractivity contribution in [2.45, 2.75) is 18.4 Å². The van der Waals surface area contributed by atoms with Crippen LogP contribution in [0.15, 0.2) is 46.3 Å². The van der Waals surface area contributed by atoms with Gasteiger partial charge >= 0.3 is 6.09 Å². The number of halogens is 2. The van der Waals surface area contributed by atoms with E-state index in [9.17, 15) is 27.9 Å². The Morgan fingerprint density at radius 3 is 2.45 bits per heavy atom. The number of nitrogens with one attached hydrogen (secondary N) is 2. The van der Waals surface area contributed by atoms with Gasteiger partial charge in [-0.15, -0.1) is 0 Å². The number of hydrogen-bond acceptors (Lipinski definition) is 7. The van der Waals surface area contributed by atoms with E-state index >= 15 is 0 Å². The summed E-state index contributed by atoms with van der Waals surface area (Å²) in [6.07, 6.45) is -1.06. The molecule has 0 aromatic heterocycles. The number of aliphatic imine (C=N–C) groups is 1. The molecule has 0 spiro atoms. The molecule has 0 aliphatic carbocycles. The molecule has 1 heterocycles. The third-order valence-corrected chi connectivity index (χ3v) is 8.37. The Morgan fingerprint density at radius 1 is 1.11 bits per heavy atom. The monoisotopic (exact) mass is 583 g/mol. The molecule has 0 bridgehead atoms. The standard InChI is InChI=1S/C24H27Cl2N5O6S/c1-15-18(25)7-8-19(22(15)26)38(36,37)14-27-11-20(32)29-12-21(33)30(2)13-16-3-5-17(6-4-16)23-28-9-10-31(23)24(34)35/h3-8,27H,9-14H2,1-2H3,(H,29,32)(H,34,35). The van der Waals surface area contributed by atoms with Gasteiger partial charge in [-0.25, -0.2) is 13.2 Å². The molecule has 1 aliphatic rings. The molecular formula is C24H27Cl2N5O6S. The van der Waals surface area contributed by atoms with Crippen molar-refractivity contribution >= 4 is 56.8 Å². The molecular weight excluding hydrogens is 557 g/mol. The Kier molecular flexibility index (Phi) is 9.71. The molecule has 3 amide bonds. The zero-order valence-electron chi connectivity index (χ0n) is 20.7. The van der Waals surface area contributed by atoms with Crippen LogP contribution < -0.4 is 10.6 Å². The fourth-order valence-corrected chi connectivity index (χ4v) is 5.58. The van der Waals surface area contributed by atoms with Gasteiger partial charge in [0.1, 0.15) is 11.7 Å². The van der Waals surface area contributed by atoms with Crippen molar-refractivity contribution in [3.05, 3.63) is 63.1 Å². The van der Waals surface area contributed by atoms with Crippen molar-refractivity contribution in [3.8, 4) is 0 Å². The minimum atomic E-state index is -3.82. The minimum Gasteiger partial charge on any atom is -0.465 e. The molecule has 0 unspecified atom stereocenters. The highest BCUT2D eigenvalue weighted by Crippen LogP contribution is 2.30. The van der Waals surface area contributed by atoms with E-state index in [0.717, 1.165) is 5.56 Å². The zero-order chi connectivity index (χ0) is 28.0. The molecule has 0 fully saturated rings. The molecule has 1 aliphatic heterocycles. The molecule has 38 heavy (non-hydrogen) atoms. The molecule has 3 N–H and O–H groups in total. The molecule has 11 nitrogen and oxygen atoms in total. The number of benzene rings is 2. The minimum absolute atomic E-state index is 0.0292. The van der Waals surface area contributed by atoms with E-state index in [0.29, 0.717) is 35.1 Å². The summed E-state index contributed by atoms with van der Waals surface area (Å²) in [6, 6.07) is 9.79. The number of sulfone groups is 1. The van der Waals surface area contributed by atoms with Crippen molar-refractivity contribution in [1.29, 1.82) is 0 Å². The van der Waals surface area contributed by atoms with Gasteiger partial charge in [0.05, 0.1) is 36.1 Å². The van der Waals surface area contributed by atoms with Crippen molar-refractivity contribution in [2.24, 2.45) is 4.99 Å². The lowest BCUT2D eigenvalue weighted by Crippen LogP contribution is -2.42. The highest BCUT2D eigenvalue weighted by molar-refractivity contribution is 7.91. The second-order valence-electron chi connectivity index (χ2n) is 8.53. The van der Waals surface area contributed by atoms with E-state index in [1.54, 1.807) is 38.2 Å².